The standard InChI is InChI=1S/C19H27N3O4/c1-25-8-7-21-10-14-5-6-16(21)12-22(11-14)19(24)15-3-2-4-17(9-15)26-13-18(20)23/h2-4,9,14,16H,5-8,10-13H2,1H3,(H2,20,23)/t14-,16-/m1/s1. The molecule has 2 atom stereocenters. The van der Waals surface area contributed by atoms with Gasteiger partial charge in [-0.1, -0.05) is 6.07 Å². The van der Waals surface area contributed by atoms with Crippen LogP contribution in [0.2, 0.25) is 0 Å². The van der Waals surface area contributed by atoms with Gasteiger partial charge in [-0.25, -0.2) is 0 Å². The number of carbonyl (C=O) groups is 2. The van der Waals surface area contributed by atoms with Crippen molar-refractivity contribution in [3.63, 3.8) is 0 Å². The van der Waals surface area contributed by atoms with Gasteiger partial charge >= 0.3 is 0 Å². The molecule has 1 aromatic rings. The van der Waals surface area contributed by atoms with Crippen molar-refractivity contribution in [2.45, 2.75) is 18.9 Å². The number of rotatable bonds is 7. The second-order valence-electron chi connectivity index (χ2n) is 7.08. The lowest BCUT2D eigenvalue weighted by Gasteiger charge is -2.35. The van der Waals surface area contributed by atoms with Crippen molar-refractivity contribution in [2.24, 2.45) is 11.7 Å². The molecule has 0 radical (unpaired) electrons. The molecule has 26 heavy (non-hydrogen) atoms. The molecule has 0 aliphatic carbocycles. The van der Waals surface area contributed by atoms with Crippen LogP contribution >= 0.6 is 0 Å². The molecule has 0 spiro atoms. The summed E-state index contributed by atoms with van der Waals surface area (Å²) in [5.41, 5.74) is 5.69. The summed E-state index contributed by atoms with van der Waals surface area (Å²) >= 11 is 0. The average Bonchev–Trinajstić information content (AvgIpc) is 2.96. The molecule has 7 heteroatoms. The van der Waals surface area contributed by atoms with Gasteiger partial charge in [0.05, 0.1) is 6.61 Å². The van der Waals surface area contributed by atoms with Crippen molar-refractivity contribution in [3.05, 3.63) is 29.8 Å². The number of benzene rings is 1. The van der Waals surface area contributed by atoms with E-state index in [-0.39, 0.29) is 12.5 Å². The zero-order valence-corrected chi connectivity index (χ0v) is 15.2. The van der Waals surface area contributed by atoms with E-state index < -0.39 is 5.91 Å². The number of nitrogens with two attached hydrogens (primary N) is 1. The molecule has 2 amide bonds. The normalized spacial score (nSPS) is 22.9. The maximum Gasteiger partial charge on any atom is 0.255 e. The molecule has 3 saturated heterocycles. The minimum Gasteiger partial charge on any atom is -0.484 e. The van der Waals surface area contributed by atoms with Gasteiger partial charge in [0.25, 0.3) is 11.8 Å². The molecule has 0 unspecified atom stereocenters. The summed E-state index contributed by atoms with van der Waals surface area (Å²) in [4.78, 5) is 28.3. The number of ether oxygens (including phenoxy) is 2. The van der Waals surface area contributed by atoms with E-state index in [1.165, 1.54) is 6.42 Å². The summed E-state index contributed by atoms with van der Waals surface area (Å²) in [6.07, 6.45) is 2.29. The Morgan fingerprint density at radius 1 is 1.23 bits per heavy atom. The predicted molar refractivity (Wildman–Crippen MR) is 97.0 cm³/mol. The summed E-state index contributed by atoms with van der Waals surface area (Å²) in [7, 11) is 1.72. The number of nitrogens with zero attached hydrogens (tertiary/aromatic N) is 2. The maximum atomic E-state index is 13.0. The summed E-state index contributed by atoms with van der Waals surface area (Å²) in [5.74, 6) is 0.458. The Labute approximate surface area is 154 Å². The largest absolute Gasteiger partial charge is 0.484 e. The first-order valence-corrected chi connectivity index (χ1v) is 9.10. The molecular formula is C19H27N3O4. The van der Waals surface area contributed by atoms with Crippen LogP contribution in [0, 0.1) is 5.92 Å². The van der Waals surface area contributed by atoms with Gasteiger partial charge in [0.1, 0.15) is 5.75 Å². The Morgan fingerprint density at radius 3 is 2.85 bits per heavy atom. The highest BCUT2D eigenvalue weighted by Crippen LogP contribution is 2.29. The van der Waals surface area contributed by atoms with Crippen LogP contribution in [0.15, 0.2) is 24.3 Å². The lowest BCUT2D eigenvalue weighted by Crippen LogP contribution is -2.45. The average molecular weight is 361 g/mol. The highest BCUT2D eigenvalue weighted by atomic mass is 16.5. The topological polar surface area (TPSA) is 85.1 Å². The van der Waals surface area contributed by atoms with Gasteiger partial charge < -0.3 is 20.1 Å². The SMILES string of the molecule is COCCN1C[C@H]2CC[C@@H]1CN(C(=O)c1cccc(OCC(N)=O)c1)C2. The van der Waals surface area contributed by atoms with Crippen molar-refractivity contribution >= 4 is 11.8 Å². The summed E-state index contributed by atoms with van der Waals surface area (Å²) in [6.45, 7) is 3.99. The fraction of sp³-hybridized carbons (Fsp3) is 0.579. The predicted octanol–water partition coefficient (Wildman–Crippen LogP) is 0.734. The van der Waals surface area contributed by atoms with Gasteiger partial charge in [0.15, 0.2) is 6.61 Å². The number of primary amides is 1. The number of carbonyl (C=O) groups excluding carboxylic acids is 2. The highest BCUT2D eigenvalue weighted by Gasteiger charge is 2.36. The monoisotopic (exact) mass is 361 g/mol. The van der Waals surface area contributed by atoms with E-state index in [1.54, 1.807) is 31.4 Å². The Kier molecular flexibility index (Phi) is 6.11. The van der Waals surface area contributed by atoms with Crippen LogP contribution in [0.1, 0.15) is 23.2 Å². The highest BCUT2D eigenvalue weighted by molar-refractivity contribution is 5.94. The molecule has 2 bridgehead atoms. The van der Waals surface area contributed by atoms with Crippen LogP contribution in [0.4, 0.5) is 0 Å². The van der Waals surface area contributed by atoms with Gasteiger partial charge in [-0.2, -0.15) is 0 Å². The summed E-state index contributed by atoms with van der Waals surface area (Å²) in [6, 6.07) is 7.34. The smallest absolute Gasteiger partial charge is 0.255 e. The third kappa shape index (κ3) is 4.53. The van der Waals surface area contributed by atoms with Crippen LogP contribution in [0.5, 0.6) is 5.75 Å². The number of fused-ring (bicyclic) bond motifs is 4. The zero-order chi connectivity index (χ0) is 18.5. The third-order valence-electron chi connectivity index (χ3n) is 5.16. The Morgan fingerprint density at radius 2 is 2.08 bits per heavy atom. The third-order valence-corrected chi connectivity index (χ3v) is 5.16. The molecule has 7 nitrogen and oxygen atoms in total. The Hall–Kier alpha value is -2.12. The number of piperidine rings is 1. The second-order valence-corrected chi connectivity index (χ2v) is 7.08. The molecule has 4 rings (SSSR count). The van der Waals surface area contributed by atoms with E-state index >= 15 is 0 Å². The van der Waals surface area contributed by atoms with Gasteiger partial charge in [-0.3, -0.25) is 14.5 Å². The molecule has 1 aromatic carbocycles. The molecule has 3 aliphatic rings. The second kappa shape index (κ2) is 8.51. The van der Waals surface area contributed by atoms with E-state index in [9.17, 15) is 9.59 Å². The van der Waals surface area contributed by atoms with Crippen LogP contribution in [-0.4, -0.2) is 74.2 Å². The Balaban J connectivity index is 1.68. The first kappa shape index (κ1) is 18.7. The van der Waals surface area contributed by atoms with E-state index in [1.807, 2.05) is 4.90 Å². The van der Waals surface area contributed by atoms with Crippen LogP contribution in [0.25, 0.3) is 0 Å². The van der Waals surface area contributed by atoms with E-state index in [4.69, 9.17) is 15.2 Å². The number of amides is 2. The number of methoxy groups -OCH3 is 1. The lowest BCUT2D eigenvalue weighted by atomic mass is 9.95. The van der Waals surface area contributed by atoms with E-state index in [2.05, 4.69) is 4.90 Å². The van der Waals surface area contributed by atoms with Crippen molar-refractivity contribution in [2.75, 3.05) is 46.5 Å². The van der Waals surface area contributed by atoms with Gasteiger partial charge in [0, 0.05) is 44.9 Å². The van der Waals surface area contributed by atoms with Gasteiger partial charge in [0.2, 0.25) is 0 Å². The minimum atomic E-state index is -0.540. The van der Waals surface area contributed by atoms with Crippen LogP contribution < -0.4 is 10.5 Å². The molecule has 3 heterocycles. The van der Waals surface area contributed by atoms with Gasteiger partial charge in [-0.15, -0.1) is 0 Å². The molecule has 3 aliphatic heterocycles. The van der Waals surface area contributed by atoms with E-state index in [0.29, 0.717) is 23.3 Å². The first-order chi connectivity index (χ1) is 12.6. The van der Waals surface area contributed by atoms with Crippen molar-refractivity contribution in [1.82, 2.24) is 9.80 Å². The minimum absolute atomic E-state index is 0.0139. The molecule has 3 fully saturated rings. The molecule has 142 valence electrons. The quantitative estimate of drug-likeness (QED) is 0.774. The van der Waals surface area contributed by atoms with Gasteiger partial charge in [-0.05, 0) is 37.0 Å². The fourth-order valence-electron chi connectivity index (χ4n) is 3.88. The summed E-state index contributed by atoms with van der Waals surface area (Å²) < 4.78 is 10.5. The van der Waals surface area contributed by atoms with Crippen LogP contribution in [-0.2, 0) is 9.53 Å². The maximum absolute atomic E-state index is 13.0. The zero-order valence-electron chi connectivity index (χ0n) is 15.2. The Bertz CT molecular complexity index is 651. The number of hydrogen-bond donors (Lipinski definition) is 1. The fourth-order valence-corrected chi connectivity index (χ4v) is 3.88. The van der Waals surface area contributed by atoms with E-state index in [0.717, 1.165) is 39.2 Å². The molecule has 0 saturated carbocycles. The summed E-state index contributed by atoms with van der Waals surface area (Å²) in [5, 5.41) is 0. The lowest BCUT2D eigenvalue weighted by molar-refractivity contribution is -0.119. The van der Waals surface area contributed by atoms with Crippen molar-refractivity contribution in [3.8, 4) is 5.75 Å². The molecular weight excluding hydrogens is 334 g/mol. The van der Waals surface area contributed by atoms with Crippen LogP contribution in [0.3, 0.4) is 0 Å². The van der Waals surface area contributed by atoms with Crippen molar-refractivity contribution < 1.29 is 19.1 Å². The molecule has 2 N–H and O–H groups in total. The van der Waals surface area contributed by atoms with Crippen molar-refractivity contribution in [1.29, 1.82) is 0 Å². The molecule has 0 aromatic heterocycles. The number of hydrogen-bond acceptors (Lipinski definition) is 5. The first-order valence-electron chi connectivity index (χ1n) is 9.10.